The Hall–Kier alpha value is -3.70. The molecule has 0 aliphatic heterocycles. The lowest BCUT2D eigenvalue weighted by Gasteiger charge is -2.28. The zero-order valence-corrected chi connectivity index (χ0v) is 19.9. The number of hydrogen-bond acceptors (Lipinski definition) is 8. The van der Waals surface area contributed by atoms with Crippen molar-refractivity contribution in [1.29, 1.82) is 0 Å². The Morgan fingerprint density at radius 1 is 0.838 bits per heavy atom. The lowest BCUT2D eigenvalue weighted by atomic mass is 10.0. The molecule has 0 unspecified atom stereocenters. The average molecular weight is 514 g/mol. The van der Waals surface area contributed by atoms with Crippen molar-refractivity contribution in [3.05, 3.63) is 112 Å². The summed E-state index contributed by atoms with van der Waals surface area (Å²) in [4.78, 5) is 22.6. The highest BCUT2D eigenvalue weighted by atomic mass is 19.1. The molecule has 0 saturated heterocycles. The summed E-state index contributed by atoms with van der Waals surface area (Å²) in [7, 11) is 0. The van der Waals surface area contributed by atoms with Crippen molar-refractivity contribution in [1.82, 2.24) is 0 Å². The number of halogens is 1. The molecule has 0 aromatic heterocycles. The maximum absolute atomic E-state index is 14.7. The molecule has 0 spiro atoms. The molecule has 9 nitrogen and oxygen atoms in total. The van der Waals surface area contributed by atoms with Crippen LogP contribution >= 0.6 is 0 Å². The highest BCUT2D eigenvalue weighted by molar-refractivity contribution is 5.89. The van der Waals surface area contributed by atoms with Crippen LogP contribution < -0.4 is 0 Å². The first-order valence-electron chi connectivity index (χ1n) is 11.5. The van der Waals surface area contributed by atoms with Crippen molar-refractivity contribution in [3.63, 3.8) is 0 Å². The molecule has 3 aromatic rings. The van der Waals surface area contributed by atoms with Gasteiger partial charge in [-0.15, -0.1) is 0 Å². The summed E-state index contributed by atoms with van der Waals surface area (Å²) in [5, 5.41) is 31.9. The third-order valence-electron chi connectivity index (χ3n) is 5.49. The highest BCUT2D eigenvalue weighted by Gasteiger charge is 2.34. The van der Waals surface area contributed by atoms with E-state index in [9.17, 15) is 29.5 Å². The van der Waals surface area contributed by atoms with E-state index < -0.39 is 48.6 Å². The fourth-order valence-corrected chi connectivity index (χ4v) is 3.38. The number of benzene rings is 3. The van der Waals surface area contributed by atoms with Crippen LogP contribution in [0.4, 0.5) is 10.1 Å². The predicted molar refractivity (Wildman–Crippen MR) is 131 cm³/mol. The SMILES string of the molecule is O=C(OC[C@H](OCc1ccccc1)[C@H](O)[C@@H](O)[C@H](F)COCc1ccccc1)c1ccc([N+](=O)[O-])cc1. The first kappa shape index (κ1) is 27.9. The Labute approximate surface area is 213 Å². The summed E-state index contributed by atoms with van der Waals surface area (Å²) in [6, 6.07) is 22.8. The Kier molecular flexibility index (Phi) is 10.7. The normalized spacial score (nSPS) is 14.4. The second-order valence-corrected chi connectivity index (χ2v) is 8.24. The molecule has 37 heavy (non-hydrogen) atoms. The standard InChI is InChI=1S/C27H28FNO8/c28-23(17-35-15-19-7-3-1-4-8-19)25(30)26(31)24(36-16-20-9-5-2-6-10-20)18-37-27(32)21-11-13-22(14-12-21)29(33)34/h1-14,23-26,30-31H,15-18H2/t23-,24+,25+,26+/m1/s1. The molecule has 0 radical (unpaired) electrons. The summed E-state index contributed by atoms with van der Waals surface area (Å²) in [6.45, 7) is -0.837. The number of aliphatic hydroxyl groups is 2. The van der Waals surface area contributed by atoms with Gasteiger partial charge in [0, 0.05) is 12.1 Å². The van der Waals surface area contributed by atoms with Crippen molar-refractivity contribution in [2.45, 2.75) is 37.7 Å². The number of non-ortho nitro benzene ring substituents is 1. The molecule has 10 heteroatoms. The maximum atomic E-state index is 14.7. The molecule has 3 rings (SSSR count). The van der Waals surface area contributed by atoms with Gasteiger partial charge >= 0.3 is 5.97 Å². The number of hydrogen-bond donors (Lipinski definition) is 2. The van der Waals surface area contributed by atoms with Crippen molar-refractivity contribution in [2.24, 2.45) is 0 Å². The Morgan fingerprint density at radius 2 is 1.41 bits per heavy atom. The maximum Gasteiger partial charge on any atom is 0.338 e. The smallest absolute Gasteiger partial charge is 0.338 e. The van der Waals surface area contributed by atoms with Crippen LogP contribution in [0.3, 0.4) is 0 Å². The Morgan fingerprint density at radius 3 is 1.97 bits per heavy atom. The molecule has 2 N–H and O–H groups in total. The van der Waals surface area contributed by atoms with Gasteiger partial charge in [-0.1, -0.05) is 60.7 Å². The minimum Gasteiger partial charge on any atom is -0.459 e. The van der Waals surface area contributed by atoms with Gasteiger partial charge in [0.05, 0.1) is 30.3 Å². The number of carbonyl (C=O) groups is 1. The second-order valence-electron chi connectivity index (χ2n) is 8.24. The van der Waals surface area contributed by atoms with Gasteiger partial charge in [0.2, 0.25) is 0 Å². The molecule has 0 saturated carbocycles. The van der Waals surface area contributed by atoms with Gasteiger partial charge in [0.15, 0.2) is 6.17 Å². The van der Waals surface area contributed by atoms with Crippen LogP contribution in [-0.4, -0.2) is 58.8 Å². The minimum atomic E-state index is -1.94. The number of ether oxygens (including phenoxy) is 3. The molecular weight excluding hydrogens is 485 g/mol. The van der Waals surface area contributed by atoms with E-state index in [1.807, 2.05) is 36.4 Å². The van der Waals surface area contributed by atoms with E-state index >= 15 is 0 Å². The van der Waals surface area contributed by atoms with E-state index in [4.69, 9.17) is 14.2 Å². The van der Waals surface area contributed by atoms with Crippen LogP contribution in [0.5, 0.6) is 0 Å². The monoisotopic (exact) mass is 513 g/mol. The lowest BCUT2D eigenvalue weighted by Crippen LogP contribution is -2.47. The van der Waals surface area contributed by atoms with Crippen molar-refractivity contribution < 1.29 is 38.5 Å². The van der Waals surface area contributed by atoms with Crippen LogP contribution in [0.15, 0.2) is 84.9 Å². The number of esters is 1. The zero-order valence-electron chi connectivity index (χ0n) is 19.9. The summed E-state index contributed by atoms with van der Waals surface area (Å²) in [5.74, 6) is -0.826. The Balaban J connectivity index is 1.60. The van der Waals surface area contributed by atoms with E-state index in [0.717, 1.165) is 23.3 Å². The Bertz CT molecular complexity index is 1110. The molecule has 0 bridgehead atoms. The van der Waals surface area contributed by atoms with Gasteiger partial charge < -0.3 is 24.4 Å². The summed E-state index contributed by atoms with van der Waals surface area (Å²) < 4.78 is 30.9. The predicted octanol–water partition coefficient (Wildman–Crippen LogP) is 3.61. The van der Waals surface area contributed by atoms with Crippen molar-refractivity contribution in [2.75, 3.05) is 13.2 Å². The topological polar surface area (TPSA) is 128 Å². The number of aliphatic hydroxyl groups excluding tert-OH is 2. The molecule has 0 aliphatic carbocycles. The van der Waals surface area contributed by atoms with Crippen LogP contribution in [-0.2, 0) is 27.4 Å². The highest BCUT2D eigenvalue weighted by Crippen LogP contribution is 2.17. The number of carbonyl (C=O) groups excluding carboxylic acids is 1. The summed E-state index contributed by atoms with van der Waals surface area (Å²) in [5.41, 5.74) is 1.42. The summed E-state index contributed by atoms with van der Waals surface area (Å²) >= 11 is 0. The fraction of sp³-hybridized carbons (Fsp3) is 0.296. The molecule has 0 aliphatic rings. The number of alkyl halides is 1. The average Bonchev–Trinajstić information content (AvgIpc) is 2.93. The van der Waals surface area contributed by atoms with E-state index in [1.165, 1.54) is 12.1 Å². The van der Waals surface area contributed by atoms with E-state index in [-0.39, 0.29) is 24.5 Å². The fourth-order valence-electron chi connectivity index (χ4n) is 3.38. The third kappa shape index (κ3) is 8.72. The molecule has 3 aromatic carbocycles. The second kappa shape index (κ2) is 14.1. The zero-order chi connectivity index (χ0) is 26.6. The molecule has 0 heterocycles. The van der Waals surface area contributed by atoms with Crippen LogP contribution in [0.2, 0.25) is 0 Å². The molecule has 0 amide bonds. The van der Waals surface area contributed by atoms with Gasteiger partial charge in [-0.3, -0.25) is 10.1 Å². The molecule has 4 atom stereocenters. The van der Waals surface area contributed by atoms with Gasteiger partial charge in [-0.05, 0) is 23.3 Å². The number of rotatable bonds is 14. The molecular formula is C27H28FNO8. The van der Waals surface area contributed by atoms with E-state index in [2.05, 4.69) is 0 Å². The van der Waals surface area contributed by atoms with Crippen LogP contribution in [0.25, 0.3) is 0 Å². The lowest BCUT2D eigenvalue weighted by molar-refractivity contribution is -0.384. The third-order valence-corrected chi connectivity index (χ3v) is 5.49. The number of nitro benzene ring substituents is 1. The van der Waals surface area contributed by atoms with Crippen molar-refractivity contribution in [3.8, 4) is 0 Å². The summed E-state index contributed by atoms with van der Waals surface area (Å²) in [6.07, 6.45) is -6.84. The van der Waals surface area contributed by atoms with Crippen molar-refractivity contribution >= 4 is 11.7 Å². The van der Waals surface area contributed by atoms with Gasteiger partial charge in [0.25, 0.3) is 5.69 Å². The molecule has 0 fully saturated rings. The quantitative estimate of drug-likeness (QED) is 0.190. The molecule has 196 valence electrons. The first-order valence-corrected chi connectivity index (χ1v) is 11.5. The minimum absolute atomic E-state index is 0.00578. The number of nitrogens with zero attached hydrogens (tertiary/aromatic N) is 1. The van der Waals surface area contributed by atoms with E-state index in [0.29, 0.717) is 0 Å². The first-order chi connectivity index (χ1) is 17.8. The van der Waals surface area contributed by atoms with Crippen LogP contribution in [0, 0.1) is 10.1 Å². The largest absolute Gasteiger partial charge is 0.459 e. The number of nitro groups is 1. The van der Waals surface area contributed by atoms with Gasteiger partial charge in [-0.25, -0.2) is 9.18 Å². The van der Waals surface area contributed by atoms with Crippen LogP contribution in [0.1, 0.15) is 21.5 Å². The van der Waals surface area contributed by atoms with Gasteiger partial charge in [0.1, 0.15) is 24.9 Å². The van der Waals surface area contributed by atoms with E-state index in [1.54, 1.807) is 24.3 Å². The van der Waals surface area contributed by atoms with Gasteiger partial charge in [-0.2, -0.15) is 0 Å².